The molecule has 17 nitrogen and oxygen atoms in total. The van der Waals surface area contributed by atoms with Crippen molar-refractivity contribution in [3.63, 3.8) is 0 Å². The van der Waals surface area contributed by atoms with Gasteiger partial charge in [0.2, 0.25) is 0 Å². The van der Waals surface area contributed by atoms with E-state index in [1.165, 1.54) is 24.5 Å². The molecule has 8 N–H and O–H groups in total. The molecule has 4 aromatic heterocycles. The number of hydrazone groups is 1. The highest BCUT2D eigenvalue weighted by molar-refractivity contribution is 9.12. The van der Waals surface area contributed by atoms with Crippen molar-refractivity contribution in [2.24, 2.45) is 39.1 Å². The summed E-state index contributed by atoms with van der Waals surface area (Å²) in [5.41, 5.74) is 2.67. The molecule has 0 aliphatic rings. The molecule has 260 valence electrons. The van der Waals surface area contributed by atoms with Crippen LogP contribution in [0, 0.1) is 0 Å². The van der Waals surface area contributed by atoms with E-state index in [1.807, 2.05) is 0 Å². The number of nitrogens with two attached hydrogens (primary N) is 1. The molecule has 0 saturated heterocycles. The number of rotatable bonds is 13. The normalized spacial score (nSPS) is 10.6. The van der Waals surface area contributed by atoms with Crippen molar-refractivity contribution < 1.29 is 24.0 Å². The minimum absolute atomic E-state index is 0. The largest absolute Gasteiger partial charge is 0.373 e. The summed E-state index contributed by atoms with van der Waals surface area (Å²) in [6, 6.07) is 6.09. The fourth-order valence-corrected chi connectivity index (χ4v) is 4.77. The predicted octanol–water partition coefficient (Wildman–Crippen LogP) is 2.29. The van der Waals surface area contributed by atoms with E-state index in [1.54, 1.807) is 77.3 Å². The van der Waals surface area contributed by atoms with Gasteiger partial charge >= 0.3 is 0 Å². The van der Waals surface area contributed by atoms with Gasteiger partial charge in [-0.1, -0.05) is 6.58 Å². The summed E-state index contributed by atoms with van der Waals surface area (Å²) in [5.74, 6) is 2.87. The fraction of sp³-hybridized carbons (Fsp3) is 0.200. The topological polar surface area (TPSA) is 216 Å². The van der Waals surface area contributed by atoms with Gasteiger partial charge in [0, 0.05) is 66.1 Å². The Hall–Kier alpha value is -5.75. The fourth-order valence-electron chi connectivity index (χ4n) is 4.67. The third-order valence-electron chi connectivity index (χ3n) is 6.95. The molecule has 49 heavy (non-hydrogen) atoms. The van der Waals surface area contributed by atoms with Gasteiger partial charge in [-0.2, -0.15) is 5.10 Å². The zero-order chi connectivity index (χ0) is 35.1. The molecule has 0 saturated carbocycles. The Morgan fingerprint density at radius 2 is 1.02 bits per heavy atom. The van der Waals surface area contributed by atoms with E-state index in [0.29, 0.717) is 41.5 Å². The van der Waals surface area contributed by atoms with E-state index in [9.17, 15) is 24.0 Å². The molecule has 0 bridgehead atoms. The van der Waals surface area contributed by atoms with Crippen LogP contribution in [0.3, 0.4) is 0 Å². The monoisotopic (exact) mass is 758 g/mol. The maximum Gasteiger partial charge on any atom is 0.272 e. The van der Waals surface area contributed by atoms with Gasteiger partial charge in [0.05, 0.1) is 27.2 Å². The number of carbonyl (C=O) groups is 5. The minimum Gasteiger partial charge on any atom is -0.373 e. The third kappa shape index (κ3) is 9.42. The van der Waals surface area contributed by atoms with E-state index in [0.717, 1.165) is 0 Å². The summed E-state index contributed by atoms with van der Waals surface area (Å²) in [6.45, 7) is 4.28. The molecule has 0 aromatic carbocycles. The van der Waals surface area contributed by atoms with Crippen molar-refractivity contribution in [1.82, 2.24) is 28.9 Å². The van der Waals surface area contributed by atoms with Crippen molar-refractivity contribution in [2.75, 3.05) is 34.4 Å². The molecular formula is C30H36BrClN12O5. The van der Waals surface area contributed by atoms with Crippen LogP contribution in [0.25, 0.3) is 0 Å². The number of anilines is 4. The number of aromatic nitrogens is 4. The molecule has 5 amide bonds. The molecular weight excluding hydrogens is 724 g/mol. The molecule has 0 radical (unpaired) electrons. The van der Waals surface area contributed by atoms with Crippen molar-refractivity contribution in [3.05, 3.63) is 82.9 Å². The van der Waals surface area contributed by atoms with Gasteiger partial charge < -0.3 is 56.0 Å². The lowest BCUT2D eigenvalue weighted by Gasteiger charge is -2.05. The smallest absolute Gasteiger partial charge is 0.272 e. The first-order chi connectivity index (χ1) is 22.8. The predicted molar refractivity (Wildman–Crippen MR) is 192 cm³/mol. The lowest BCUT2D eigenvalue weighted by Crippen LogP contribution is -2.32. The Kier molecular flexibility index (Phi) is 12.6. The number of nitrogens with zero attached hydrogens (tertiary/aromatic N) is 5. The lowest BCUT2D eigenvalue weighted by atomic mass is 10.3. The Labute approximate surface area is 295 Å². The van der Waals surface area contributed by atoms with E-state index in [-0.39, 0.29) is 39.9 Å². The second-order valence-corrected chi connectivity index (χ2v) is 11.6. The van der Waals surface area contributed by atoms with Gasteiger partial charge in [0.15, 0.2) is 0 Å². The second kappa shape index (κ2) is 16.4. The van der Waals surface area contributed by atoms with E-state index in [4.69, 9.17) is 5.84 Å². The maximum atomic E-state index is 13.2. The van der Waals surface area contributed by atoms with Crippen LogP contribution < -0.4 is 37.7 Å². The summed E-state index contributed by atoms with van der Waals surface area (Å²) in [5, 5.41) is 19.8. The molecule has 4 heterocycles. The van der Waals surface area contributed by atoms with Crippen molar-refractivity contribution in [3.8, 4) is 0 Å². The Morgan fingerprint density at radius 1 is 0.673 bits per heavy atom. The van der Waals surface area contributed by atoms with Gasteiger partial charge in [-0.25, -0.2) is 0 Å². The SMILES string of the molecule is C=C(Br)C(=O)Nc1cc(C(=O)Nc2cc(C(=O)Nc3cc(C(=O)Nc4cc(C(=O)NCCNC=NN)n(C)c4)n(C)c3)n(C)c2)n(C)c1.Cl. The van der Waals surface area contributed by atoms with Crippen LogP contribution in [0.2, 0.25) is 0 Å². The summed E-state index contributed by atoms with van der Waals surface area (Å²) < 4.78 is 6.39. The van der Waals surface area contributed by atoms with Crippen LogP contribution in [-0.4, -0.2) is 67.2 Å². The highest BCUT2D eigenvalue weighted by atomic mass is 79.9. The molecule has 4 rings (SSSR count). The molecule has 0 fully saturated rings. The van der Waals surface area contributed by atoms with Crippen molar-refractivity contribution in [2.45, 2.75) is 0 Å². The average molecular weight is 760 g/mol. The van der Waals surface area contributed by atoms with Gasteiger partial charge in [-0.15, -0.1) is 12.4 Å². The number of hydrogen-bond donors (Lipinski definition) is 7. The third-order valence-corrected chi connectivity index (χ3v) is 7.31. The first kappa shape index (κ1) is 37.7. The number of nitrogens with one attached hydrogen (secondary N) is 6. The highest BCUT2D eigenvalue weighted by Gasteiger charge is 2.20. The average Bonchev–Trinajstić information content (AvgIpc) is 3.78. The molecule has 0 unspecified atom stereocenters. The summed E-state index contributed by atoms with van der Waals surface area (Å²) in [4.78, 5) is 63.6. The summed E-state index contributed by atoms with van der Waals surface area (Å²) >= 11 is 3.01. The molecule has 0 atom stereocenters. The number of carbonyl (C=O) groups excluding carboxylic acids is 5. The first-order valence-corrected chi connectivity index (χ1v) is 15.0. The van der Waals surface area contributed by atoms with Crippen LogP contribution in [-0.2, 0) is 33.0 Å². The van der Waals surface area contributed by atoms with E-state index >= 15 is 0 Å². The number of amides is 5. The van der Waals surface area contributed by atoms with Crippen LogP contribution >= 0.6 is 28.3 Å². The minimum atomic E-state index is -0.473. The first-order valence-electron chi connectivity index (χ1n) is 14.3. The molecule has 0 aliphatic carbocycles. The van der Waals surface area contributed by atoms with E-state index < -0.39 is 23.6 Å². The number of aryl methyl sites for hydroxylation is 4. The quantitative estimate of drug-likeness (QED) is 0.0269. The van der Waals surface area contributed by atoms with Gasteiger partial charge in [-0.3, -0.25) is 24.0 Å². The molecule has 0 aliphatic heterocycles. The van der Waals surface area contributed by atoms with Crippen LogP contribution in [0.4, 0.5) is 22.7 Å². The highest BCUT2D eigenvalue weighted by Crippen LogP contribution is 2.21. The molecule has 0 spiro atoms. The van der Waals surface area contributed by atoms with Gasteiger partial charge in [0.25, 0.3) is 29.5 Å². The lowest BCUT2D eigenvalue weighted by molar-refractivity contribution is -0.112. The van der Waals surface area contributed by atoms with Gasteiger partial charge in [0.1, 0.15) is 29.1 Å². The van der Waals surface area contributed by atoms with E-state index in [2.05, 4.69) is 59.5 Å². The molecule has 19 heteroatoms. The summed E-state index contributed by atoms with van der Waals surface area (Å²) in [6.07, 6.45) is 7.68. The zero-order valence-corrected chi connectivity index (χ0v) is 29.4. The van der Waals surface area contributed by atoms with Gasteiger partial charge in [-0.05, 0) is 40.2 Å². The van der Waals surface area contributed by atoms with Crippen molar-refractivity contribution in [1.29, 1.82) is 0 Å². The van der Waals surface area contributed by atoms with Crippen LogP contribution in [0.5, 0.6) is 0 Å². The number of halogens is 2. The zero-order valence-electron chi connectivity index (χ0n) is 27.0. The second-order valence-electron chi connectivity index (χ2n) is 10.6. The molecule has 4 aromatic rings. The Morgan fingerprint density at radius 3 is 1.37 bits per heavy atom. The number of hydrogen-bond acceptors (Lipinski definition) is 7. The Balaban J connectivity index is 0.00000650. The maximum absolute atomic E-state index is 13.2. The summed E-state index contributed by atoms with van der Waals surface area (Å²) in [7, 11) is 6.65. The standard InChI is InChI=1S/C30H35BrN12O5.ClH/c1-17(31)26(44)36-18-9-23(41(3)12-18)28(46)38-20-11-25(43(5)14-20)30(48)39-21-10-24(42(4)15-21)29(47)37-19-8-22(40(2)13-19)27(45)34-7-6-33-16-35-32;/h8-16H,1,6-7,32H2,2-5H3,(H,33,35)(H,34,45)(H,36,44)(H,37,47)(H,38,46)(H,39,48);1H. The van der Waals surface area contributed by atoms with Crippen LogP contribution in [0.15, 0.2) is 65.2 Å². The Bertz CT molecular complexity index is 1940. The van der Waals surface area contributed by atoms with Crippen molar-refractivity contribution >= 4 is 87.0 Å². The van der Waals surface area contributed by atoms with Crippen LogP contribution in [0.1, 0.15) is 42.0 Å².